The van der Waals surface area contributed by atoms with E-state index in [0.717, 1.165) is 54.1 Å². The summed E-state index contributed by atoms with van der Waals surface area (Å²) in [7, 11) is 3.46. The van der Waals surface area contributed by atoms with E-state index >= 15 is 0 Å². The highest BCUT2D eigenvalue weighted by Gasteiger charge is 2.27. The summed E-state index contributed by atoms with van der Waals surface area (Å²) in [6.07, 6.45) is 9.24. The van der Waals surface area contributed by atoms with Gasteiger partial charge >= 0.3 is 4.87 Å². The van der Waals surface area contributed by atoms with Crippen molar-refractivity contribution in [1.29, 1.82) is 0 Å². The fourth-order valence-electron chi connectivity index (χ4n) is 5.48. The topological polar surface area (TPSA) is 66.6 Å². The zero-order valence-corrected chi connectivity index (χ0v) is 22.8. The third kappa shape index (κ3) is 6.69. The van der Waals surface area contributed by atoms with Crippen molar-refractivity contribution in [3.63, 3.8) is 0 Å². The summed E-state index contributed by atoms with van der Waals surface area (Å²) in [5.74, 6) is 1.76. The van der Waals surface area contributed by atoms with E-state index < -0.39 is 0 Å². The van der Waals surface area contributed by atoms with Crippen molar-refractivity contribution in [3.8, 4) is 11.5 Å². The van der Waals surface area contributed by atoms with Gasteiger partial charge in [-0.05, 0) is 100 Å². The van der Waals surface area contributed by atoms with Crippen molar-refractivity contribution in [3.05, 3.63) is 56.7 Å². The van der Waals surface area contributed by atoms with Crippen molar-refractivity contribution in [1.82, 2.24) is 15.2 Å². The Bertz CT molecular complexity index is 1170. The van der Waals surface area contributed by atoms with Crippen LogP contribution < -0.4 is 19.7 Å². The first-order chi connectivity index (χ1) is 17.6. The van der Waals surface area contributed by atoms with Crippen LogP contribution in [0.1, 0.15) is 55.7 Å². The third-order valence-corrected chi connectivity index (χ3v) is 8.18. The van der Waals surface area contributed by atoms with Gasteiger partial charge in [-0.2, -0.15) is 0 Å². The van der Waals surface area contributed by atoms with Crippen molar-refractivity contribution in [2.24, 2.45) is 0 Å². The number of fused-ring (bicyclic) bond motifs is 2. The van der Waals surface area contributed by atoms with Crippen LogP contribution in [0.2, 0.25) is 0 Å². The number of aromatic nitrogens is 1. The third-order valence-electron chi connectivity index (χ3n) is 7.33. The van der Waals surface area contributed by atoms with Crippen LogP contribution in [0, 0.1) is 0 Å². The number of hydrogen-bond donors (Lipinski definition) is 2. The number of benzene rings is 2. The number of thiazole rings is 1. The molecule has 1 heterocycles. The Balaban J connectivity index is 1.16. The summed E-state index contributed by atoms with van der Waals surface area (Å²) in [5, 5.41) is 3.59. The van der Waals surface area contributed by atoms with Gasteiger partial charge in [0.1, 0.15) is 0 Å². The summed E-state index contributed by atoms with van der Waals surface area (Å²) in [6.45, 7) is 6.68. The second-order valence-electron chi connectivity index (χ2n) is 9.78. The number of hydrogen-bond acceptors (Lipinski definition) is 6. The number of aromatic amines is 1. The molecule has 3 aromatic rings. The van der Waals surface area contributed by atoms with Gasteiger partial charge in [-0.1, -0.05) is 36.8 Å². The lowest BCUT2D eigenvalue weighted by atomic mass is 9.86. The van der Waals surface area contributed by atoms with Crippen molar-refractivity contribution >= 4 is 21.6 Å². The molecular formula is C29H41N3O3S. The lowest BCUT2D eigenvalue weighted by Crippen LogP contribution is -2.40. The van der Waals surface area contributed by atoms with E-state index in [9.17, 15) is 4.79 Å². The van der Waals surface area contributed by atoms with Gasteiger partial charge in [-0.25, -0.2) is 0 Å². The van der Waals surface area contributed by atoms with E-state index in [1.54, 1.807) is 14.2 Å². The fraction of sp³-hybridized carbons (Fsp3) is 0.552. The number of unbranched alkanes of at least 4 members (excludes halogenated alkanes) is 2. The van der Waals surface area contributed by atoms with Gasteiger partial charge in [0, 0.05) is 11.6 Å². The van der Waals surface area contributed by atoms with Crippen molar-refractivity contribution in [2.75, 3.05) is 40.4 Å². The molecule has 1 aliphatic carbocycles. The first kappa shape index (κ1) is 26.7. The Labute approximate surface area is 219 Å². The quantitative estimate of drug-likeness (QED) is 0.292. The Hall–Kier alpha value is -2.35. The molecule has 0 radical (unpaired) electrons. The van der Waals surface area contributed by atoms with Crippen LogP contribution in [0.25, 0.3) is 10.2 Å². The Morgan fingerprint density at radius 1 is 1.08 bits per heavy atom. The average molecular weight is 512 g/mol. The molecule has 196 valence electrons. The van der Waals surface area contributed by atoms with E-state index in [1.807, 2.05) is 6.07 Å². The lowest BCUT2D eigenvalue weighted by Gasteiger charge is -2.36. The van der Waals surface area contributed by atoms with Gasteiger partial charge in [0.2, 0.25) is 0 Å². The smallest absolute Gasteiger partial charge is 0.305 e. The molecule has 1 aliphatic rings. The van der Waals surface area contributed by atoms with Gasteiger partial charge < -0.3 is 24.7 Å². The van der Waals surface area contributed by atoms with Crippen LogP contribution in [0.4, 0.5) is 0 Å². The maximum absolute atomic E-state index is 11.5. The van der Waals surface area contributed by atoms with Gasteiger partial charge in [-0.15, -0.1) is 0 Å². The summed E-state index contributed by atoms with van der Waals surface area (Å²) in [6, 6.07) is 11.2. The molecule has 6 nitrogen and oxygen atoms in total. The summed E-state index contributed by atoms with van der Waals surface area (Å²) in [4.78, 5) is 17.1. The van der Waals surface area contributed by atoms with E-state index in [4.69, 9.17) is 9.47 Å². The molecule has 0 bridgehead atoms. The zero-order chi connectivity index (χ0) is 25.3. The first-order valence-electron chi connectivity index (χ1n) is 13.4. The minimum absolute atomic E-state index is 0.0203. The second-order valence-corrected chi connectivity index (χ2v) is 10.8. The largest absolute Gasteiger partial charge is 0.493 e. The van der Waals surface area contributed by atoms with Crippen LogP contribution in [0.5, 0.6) is 11.5 Å². The maximum Gasteiger partial charge on any atom is 0.305 e. The number of ether oxygens (including phenoxy) is 2. The van der Waals surface area contributed by atoms with Crippen molar-refractivity contribution in [2.45, 2.75) is 64.3 Å². The van der Waals surface area contributed by atoms with Crippen LogP contribution >= 0.6 is 11.3 Å². The van der Waals surface area contributed by atoms with Gasteiger partial charge in [-0.3, -0.25) is 4.79 Å². The summed E-state index contributed by atoms with van der Waals surface area (Å²) >= 11 is 1.29. The number of H-pyrrole nitrogens is 1. The van der Waals surface area contributed by atoms with E-state index in [-0.39, 0.29) is 4.87 Å². The number of rotatable bonds is 14. The second kappa shape index (κ2) is 13.3. The highest BCUT2D eigenvalue weighted by atomic mass is 32.1. The Kier molecular flexibility index (Phi) is 9.84. The van der Waals surface area contributed by atoms with Crippen LogP contribution in [0.15, 0.2) is 35.1 Å². The van der Waals surface area contributed by atoms with Crippen LogP contribution in [0.3, 0.4) is 0 Å². The van der Waals surface area contributed by atoms with Gasteiger partial charge in [0.05, 0.1) is 24.4 Å². The molecule has 0 saturated carbocycles. The molecule has 0 fully saturated rings. The normalized spacial score (nSPS) is 15.4. The molecule has 1 aromatic heterocycles. The zero-order valence-electron chi connectivity index (χ0n) is 22.0. The SMILES string of the molecule is CCCN(CCCCCNCCc1ccc2[nH]c(=O)sc2c1)C1CCc2c(ccc(OC)c2OC)C1. The molecule has 1 unspecified atom stereocenters. The minimum Gasteiger partial charge on any atom is -0.493 e. The van der Waals surface area contributed by atoms with E-state index in [1.165, 1.54) is 73.2 Å². The number of nitrogens with one attached hydrogen (secondary N) is 2. The Morgan fingerprint density at radius 3 is 2.78 bits per heavy atom. The molecule has 1 atom stereocenters. The highest BCUT2D eigenvalue weighted by Crippen LogP contribution is 2.38. The standard InChI is InChI=1S/C29H41N3O3S/c1-4-17-32(23-10-11-24-22(20-23)9-13-26(34-2)28(24)35-3)18-7-5-6-15-30-16-14-21-8-12-25-27(19-21)36-29(33)31-25/h8-9,12-13,19,23,30H,4-7,10-11,14-18,20H2,1-3H3,(H,31,33). The Morgan fingerprint density at radius 2 is 1.97 bits per heavy atom. The maximum atomic E-state index is 11.5. The molecule has 2 aromatic carbocycles. The van der Waals surface area contributed by atoms with Gasteiger partial charge in [0.15, 0.2) is 11.5 Å². The molecule has 36 heavy (non-hydrogen) atoms. The molecule has 4 rings (SSSR count). The minimum atomic E-state index is 0.0203. The molecule has 0 amide bonds. The number of methoxy groups -OCH3 is 2. The van der Waals surface area contributed by atoms with Crippen LogP contribution in [-0.4, -0.2) is 56.3 Å². The van der Waals surface area contributed by atoms with E-state index in [2.05, 4.69) is 46.4 Å². The molecule has 0 aliphatic heterocycles. The monoisotopic (exact) mass is 511 g/mol. The van der Waals surface area contributed by atoms with Crippen LogP contribution in [-0.2, 0) is 19.3 Å². The predicted octanol–water partition coefficient (Wildman–Crippen LogP) is 5.18. The molecule has 0 spiro atoms. The summed E-state index contributed by atoms with van der Waals surface area (Å²) < 4.78 is 12.2. The molecule has 7 heteroatoms. The lowest BCUT2D eigenvalue weighted by molar-refractivity contribution is 0.175. The molecule has 0 saturated heterocycles. The average Bonchev–Trinajstić information content (AvgIpc) is 3.27. The molecular weight excluding hydrogens is 470 g/mol. The molecule has 2 N–H and O–H groups in total. The van der Waals surface area contributed by atoms with Crippen molar-refractivity contribution < 1.29 is 9.47 Å². The van der Waals surface area contributed by atoms with E-state index in [0.29, 0.717) is 6.04 Å². The number of nitrogens with zero attached hydrogens (tertiary/aromatic N) is 1. The van der Waals surface area contributed by atoms with Gasteiger partial charge in [0.25, 0.3) is 0 Å². The fourth-order valence-corrected chi connectivity index (χ4v) is 6.28. The highest BCUT2D eigenvalue weighted by molar-refractivity contribution is 7.16. The summed E-state index contributed by atoms with van der Waals surface area (Å²) in [5.41, 5.74) is 4.97. The predicted molar refractivity (Wildman–Crippen MR) is 150 cm³/mol. The first-order valence-corrected chi connectivity index (χ1v) is 14.2.